The summed E-state index contributed by atoms with van der Waals surface area (Å²) in [5.41, 5.74) is 1.78. The lowest BCUT2D eigenvalue weighted by molar-refractivity contribution is -0.134. The van der Waals surface area contributed by atoms with Crippen LogP contribution in [0.3, 0.4) is 0 Å². The van der Waals surface area contributed by atoms with Crippen LogP contribution < -0.4 is 15.0 Å². The van der Waals surface area contributed by atoms with E-state index < -0.39 is 0 Å². The molecule has 2 aliphatic heterocycles. The molecule has 1 atom stereocenters. The highest BCUT2D eigenvalue weighted by Crippen LogP contribution is 2.22. The van der Waals surface area contributed by atoms with Crippen LogP contribution in [0.5, 0.6) is 5.75 Å². The molecule has 1 N–H and O–H groups in total. The van der Waals surface area contributed by atoms with Crippen molar-refractivity contribution in [3.8, 4) is 17.0 Å². The summed E-state index contributed by atoms with van der Waals surface area (Å²) in [5, 5.41) is 11.5. The number of hydrogen-bond donors (Lipinski definition) is 1. The Bertz CT molecular complexity index is 845. The molecule has 8 nitrogen and oxygen atoms in total. The van der Waals surface area contributed by atoms with Crippen LogP contribution in [0.15, 0.2) is 36.4 Å². The van der Waals surface area contributed by atoms with E-state index in [4.69, 9.17) is 4.74 Å². The third-order valence-electron chi connectivity index (χ3n) is 5.24. The second-order valence-corrected chi connectivity index (χ2v) is 6.98. The minimum absolute atomic E-state index is 0.0198. The molecule has 2 amide bonds. The van der Waals surface area contributed by atoms with Gasteiger partial charge in [0, 0.05) is 38.2 Å². The number of rotatable bonds is 4. The summed E-state index contributed by atoms with van der Waals surface area (Å²) in [6, 6.07) is 11.3. The molecule has 2 aromatic rings. The van der Waals surface area contributed by atoms with Gasteiger partial charge in [-0.25, -0.2) is 0 Å². The molecular formula is C20H23N5O3. The molecule has 1 aromatic carbocycles. The number of methoxy groups -OCH3 is 1. The number of hydrogen-bond acceptors (Lipinski definition) is 6. The van der Waals surface area contributed by atoms with Gasteiger partial charge in [0.05, 0.1) is 12.8 Å². The van der Waals surface area contributed by atoms with Gasteiger partial charge in [0.15, 0.2) is 5.82 Å². The normalized spacial score (nSPS) is 19.5. The van der Waals surface area contributed by atoms with Crippen LogP contribution in [0.1, 0.15) is 12.8 Å². The first-order chi connectivity index (χ1) is 13.6. The van der Waals surface area contributed by atoms with Gasteiger partial charge in [0.1, 0.15) is 11.8 Å². The number of aromatic nitrogens is 2. The lowest BCUT2D eigenvalue weighted by Gasteiger charge is -2.36. The minimum Gasteiger partial charge on any atom is -0.497 e. The maximum absolute atomic E-state index is 12.5. The summed E-state index contributed by atoms with van der Waals surface area (Å²) in [6.45, 7) is 2.63. The Balaban J connectivity index is 1.35. The third-order valence-corrected chi connectivity index (χ3v) is 5.24. The molecule has 0 bridgehead atoms. The number of anilines is 1. The maximum atomic E-state index is 12.5. The lowest BCUT2D eigenvalue weighted by atomic mass is 10.1. The first-order valence-electron chi connectivity index (χ1n) is 9.45. The van der Waals surface area contributed by atoms with Gasteiger partial charge in [0.25, 0.3) is 0 Å². The molecule has 146 valence electrons. The van der Waals surface area contributed by atoms with Crippen molar-refractivity contribution in [3.63, 3.8) is 0 Å². The fourth-order valence-electron chi connectivity index (χ4n) is 3.59. The van der Waals surface area contributed by atoms with Crippen LogP contribution in [0.2, 0.25) is 0 Å². The van der Waals surface area contributed by atoms with E-state index in [1.54, 1.807) is 7.11 Å². The summed E-state index contributed by atoms with van der Waals surface area (Å²) in [7, 11) is 1.64. The number of amides is 2. The smallest absolute Gasteiger partial charge is 0.245 e. The van der Waals surface area contributed by atoms with Gasteiger partial charge in [0.2, 0.25) is 11.8 Å². The summed E-state index contributed by atoms with van der Waals surface area (Å²) >= 11 is 0. The number of carbonyl (C=O) groups excluding carboxylic acids is 2. The van der Waals surface area contributed by atoms with Gasteiger partial charge < -0.3 is 19.9 Å². The SMILES string of the molecule is COc1ccc(-c2ccc(N3CCN(C(=O)C4CCC(=O)N4)CC3)nn2)cc1. The van der Waals surface area contributed by atoms with Gasteiger partial charge in [-0.05, 0) is 42.8 Å². The van der Waals surface area contributed by atoms with Gasteiger partial charge in [-0.3, -0.25) is 9.59 Å². The molecular weight excluding hydrogens is 358 g/mol. The van der Waals surface area contributed by atoms with Crippen molar-refractivity contribution in [3.05, 3.63) is 36.4 Å². The van der Waals surface area contributed by atoms with E-state index in [0.717, 1.165) is 22.8 Å². The van der Waals surface area contributed by atoms with Gasteiger partial charge in [-0.1, -0.05) is 0 Å². The molecule has 0 radical (unpaired) electrons. The van der Waals surface area contributed by atoms with Crippen molar-refractivity contribution < 1.29 is 14.3 Å². The van der Waals surface area contributed by atoms with E-state index in [1.165, 1.54) is 0 Å². The van der Waals surface area contributed by atoms with Crippen LogP contribution >= 0.6 is 0 Å². The van der Waals surface area contributed by atoms with Crippen LogP contribution in [0, 0.1) is 0 Å². The molecule has 2 aliphatic rings. The molecule has 0 spiro atoms. The number of piperazine rings is 1. The fourth-order valence-corrected chi connectivity index (χ4v) is 3.59. The highest BCUT2D eigenvalue weighted by atomic mass is 16.5. The molecule has 2 fully saturated rings. The Morgan fingerprint density at radius 2 is 1.82 bits per heavy atom. The highest BCUT2D eigenvalue weighted by Gasteiger charge is 2.32. The molecule has 28 heavy (non-hydrogen) atoms. The maximum Gasteiger partial charge on any atom is 0.245 e. The van der Waals surface area contributed by atoms with Crippen molar-refractivity contribution in [2.75, 3.05) is 38.2 Å². The van der Waals surface area contributed by atoms with E-state index in [2.05, 4.69) is 20.4 Å². The van der Waals surface area contributed by atoms with E-state index in [0.29, 0.717) is 39.0 Å². The Kier molecular flexibility index (Phi) is 5.10. The Morgan fingerprint density at radius 1 is 1.07 bits per heavy atom. The second kappa shape index (κ2) is 7.84. The van der Waals surface area contributed by atoms with Crippen molar-refractivity contribution >= 4 is 17.6 Å². The van der Waals surface area contributed by atoms with Crippen LogP contribution in [0.4, 0.5) is 5.82 Å². The average Bonchev–Trinajstić information content (AvgIpc) is 3.20. The molecule has 4 rings (SSSR count). The van der Waals surface area contributed by atoms with Crippen molar-refractivity contribution in [2.24, 2.45) is 0 Å². The second-order valence-electron chi connectivity index (χ2n) is 6.98. The summed E-state index contributed by atoms with van der Waals surface area (Å²) in [5.74, 6) is 1.59. The topological polar surface area (TPSA) is 87.7 Å². The highest BCUT2D eigenvalue weighted by molar-refractivity contribution is 5.90. The summed E-state index contributed by atoms with van der Waals surface area (Å²) in [4.78, 5) is 27.8. The minimum atomic E-state index is -0.359. The fraction of sp³-hybridized carbons (Fsp3) is 0.400. The number of ether oxygens (including phenoxy) is 1. The summed E-state index contributed by atoms with van der Waals surface area (Å²) < 4.78 is 5.18. The number of nitrogens with zero attached hydrogens (tertiary/aromatic N) is 4. The van der Waals surface area contributed by atoms with E-state index in [-0.39, 0.29) is 17.9 Å². The van der Waals surface area contributed by atoms with Crippen LogP contribution in [-0.4, -0.2) is 66.2 Å². The zero-order valence-electron chi connectivity index (χ0n) is 15.8. The van der Waals surface area contributed by atoms with E-state index in [9.17, 15) is 9.59 Å². The molecule has 8 heteroatoms. The largest absolute Gasteiger partial charge is 0.497 e. The Hall–Kier alpha value is -3.16. The van der Waals surface area contributed by atoms with E-state index in [1.807, 2.05) is 41.3 Å². The quantitative estimate of drug-likeness (QED) is 0.853. The molecule has 0 aliphatic carbocycles. The first kappa shape index (κ1) is 18.2. The Labute approximate surface area is 163 Å². The number of carbonyl (C=O) groups is 2. The van der Waals surface area contributed by atoms with Crippen molar-refractivity contribution in [2.45, 2.75) is 18.9 Å². The van der Waals surface area contributed by atoms with Gasteiger partial charge in [-0.2, -0.15) is 0 Å². The molecule has 1 aromatic heterocycles. The number of benzene rings is 1. The van der Waals surface area contributed by atoms with Crippen LogP contribution in [-0.2, 0) is 9.59 Å². The molecule has 2 saturated heterocycles. The Morgan fingerprint density at radius 3 is 2.39 bits per heavy atom. The van der Waals surface area contributed by atoms with Crippen molar-refractivity contribution in [1.29, 1.82) is 0 Å². The van der Waals surface area contributed by atoms with Crippen molar-refractivity contribution in [1.82, 2.24) is 20.4 Å². The van der Waals surface area contributed by atoms with Crippen LogP contribution in [0.25, 0.3) is 11.3 Å². The lowest BCUT2D eigenvalue weighted by Crippen LogP contribution is -2.53. The zero-order chi connectivity index (χ0) is 19.5. The van der Waals surface area contributed by atoms with Gasteiger partial charge in [-0.15, -0.1) is 10.2 Å². The van der Waals surface area contributed by atoms with E-state index >= 15 is 0 Å². The summed E-state index contributed by atoms with van der Waals surface area (Å²) in [6.07, 6.45) is 1.03. The molecule has 3 heterocycles. The molecule has 0 saturated carbocycles. The zero-order valence-corrected chi connectivity index (χ0v) is 15.8. The first-order valence-corrected chi connectivity index (χ1v) is 9.45. The average molecular weight is 381 g/mol. The monoisotopic (exact) mass is 381 g/mol. The predicted molar refractivity (Wildman–Crippen MR) is 104 cm³/mol. The number of nitrogens with one attached hydrogen (secondary N) is 1. The predicted octanol–water partition coefficient (Wildman–Crippen LogP) is 1.08. The van der Waals surface area contributed by atoms with Gasteiger partial charge >= 0.3 is 0 Å². The molecule has 1 unspecified atom stereocenters. The third kappa shape index (κ3) is 3.76. The standard InChI is InChI=1S/C20H23N5O3/c1-28-15-4-2-14(3-5-15)16-6-8-18(23-22-16)24-10-12-25(13-11-24)20(27)17-7-9-19(26)21-17/h2-6,8,17H,7,9-13H2,1H3,(H,21,26).